The Kier molecular flexibility index (Phi) is 2.24. The molecule has 0 N–H and O–H groups in total. The molecular formula is C8H14F2. The van der Waals surface area contributed by atoms with E-state index in [9.17, 15) is 8.78 Å². The van der Waals surface area contributed by atoms with Gasteiger partial charge in [-0.1, -0.05) is 27.4 Å². The van der Waals surface area contributed by atoms with E-state index in [4.69, 9.17) is 0 Å². The lowest BCUT2D eigenvalue weighted by Gasteiger charge is -2.26. The minimum atomic E-state index is -2.75. The zero-order chi connectivity index (χ0) is 8.58. The van der Waals surface area contributed by atoms with Gasteiger partial charge in [0.1, 0.15) is 0 Å². The van der Waals surface area contributed by atoms with Crippen molar-refractivity contribution in [1.82, 2.24) is 0 Å². The quantitative estimate of drug-likeness (QED) is 0.501. The van der Waals surface area contributed by atoms with Gasteiger partial charge >= 0.3 is 0 Å². The molecule has 0 heterocycles. The molecule has 0 aliphatic rings. The van der Waals surface area contributed by atoms with Crippen molar-refractivity contribution in [2.75, 3.05) is 0 Å². The predicted molar refractivity (Wildman–Crippen MR) is 39.2 cm³/mol. The highest BCUT2D eigenvalue weighted by molar-refractivity contribution is 5.13. The highest BCUT2D eigenvalue weighted by Gasteiger charge is 2.33. The Balaban J connectivity index is 4.40. The van der Waals surface area contributed by atoms with E-state index in [1.807, 2.05) is 0 Å². The van der Waals surface area contributed by atoms with Crippen LogP contribution in [0.3, 0.4) is 0 Å². The molecule has 10 heavy (non-hydrogen) atoms. The molecule has 0 bridgehead atoms. The molecule has 0 aliphatic carbocycles. The van der Waals surface area contributed by atoms with Crippen LogP contribution >= 0.6 is 0 Å². The van der Waals surface area contributed by atoms with Crippen LogP contribution < -0.4 is 0 Å². The molecule has 0 saturated heterocycles. The van der Waals surface area contributed by atoms with E-state index in [0.717, 1.165) is 6.92 Å². The second-order valence-corrected chi connectivity index (χ2v) is 3.62. The third kappa shape index (κ3) is 2.46. The Labute approximate surface area is 60.9 Å². The van der Waals surface area contributed by atoms with Crippen LogP contribution in [0.1, 0.15) is 27.7 Å². The maximum atomic E-state index is 12.5. The van der Waals surface area contributed by atoms with Crippen molar-refractivity contribution in [2.45, 2.75) is 33.6 Å². The van der Waals surface area contributed by atoms with Crippen molar-refractivity contribution >= 4 is 0 Å². The molecule has 0 aromatic carbocycles. The molecule has 0 aliphatic heterocycles. The highest BCUT2D eigenvalue weighted by Crippen LogP contribution is 2.35. The van der Waals surface area contributed by atoms with E-state index in [-0.39, 0.29) is 5.57 Å². The van der Waals surface area contributed by atoms with E-state index in [1.165, 1.54) is 0 Å². The average Bonchev–Trinajstić information content (AvgIpc) is 1.59. The Morgan fingerprint density at radius 3 is 1.40 bits per heavy atom. The van der Waals surface area contributed by atoms with Crippen LogP contribution in [0, 0.1) is 5.41 Å². The standard InChI is InChI=1S/C8H14F2/c1-6(7(2,3)4)8(5,9)10/h1H2,2-5H3. The van der Waals surface area contributed by atoms with Crippen molar-refractivity contribution in [1.29, 1.82) is 0 Å². The second-order valence-electron chi connectivity index (χ2n) is 3.62. The Morgan fingerprint density at radius 2 is 1.40 bits per heavy atom. The van der Waals surface area contributed by atoms with Gasteiger partial charge in [0, 0.05) is 6.92 Å². The zero-order valence-corrected chi connectivity index (χ0v) is 6.96. The summed E-state index contributed by atoms with van der Waals surface area (Å²) in [5, 5.41) is 0. The number of rotatable bonds is 1. The van der Waals surface area contributed by atoms with Gasteiger partial charge in [-0.25, -0.2) is 8.78 Å². The Morgan fingerprint density at radius 1 is 1.10 bits per heavy atom. The fourth-order valence-electron chi connectivity index (χ4n) is 0.658. The number of alkyl halides is 2. The molecule has 0 atom stereocenters. The molecule has 0 saturated carbocycles. The van der Waals surface area contributed by atoms with Crippen molar-refractivity contribution in [3.63, 3.8) is 0 Å². The normalized spacial score (nSPS) is 13.4. The summed E-state index contributed by atoms with van der Waals surface area (Å²) in [7, 11) is 0. The first-order valence-corrected chi connectivity index (χ1v) is 3.23. The maximum absolute atomic E-state index is 12.5. The molecule has 2 heteroatoms. The summed E-state index contributed by atoms with van der Waals surface area (Å²) >= 11 is 0. The molecule has 0 spiro atoms. The van der Waals surface area contributed by atoms with Crippen LogP contribution in [-0.2, 0) is 0 Å². The van der Waals surface area contributed by atoms with Crippen LogP contribution in [0.2, 0.25) is 0 Å². The molecule has 0 aromatic rings. The predicted octanol–water partition coefficient (Wildman–Crippen LogP) is 3.24. The third-order valence-corrected chi connectivity index (χ3v) is 1.44. The number of hydrogen-bond acceptors (Lipinski definition) is 0. The molecule has 0 nitrogen and oxygen atoms in total. The molecule has 0 amide bonds. The first-order chi connectivity index (χ1) is 4.15. The minimum Gasteiger partial charge on any atom is -0.202 e. The summed E-state index contributed by atoms with van der Waals surface area (Å²) in [5.41, 5.74) is -0.516. The summed E-state index contributed by atoms with van der Waals surface area (Å²) in [6.07, 6.45) is 0. The molecule has 60 valence electrons. The first-order valence-electron chi connectivity index (χ1n) is 3.23. The third-order valence-electron chi connectivity index (χ3n) is 1.44. The van der Waals surface area contributed by atoms with Gasteiger partial charge in [0.25, 0.3) is 5.92 Å². The van der Waals surface area contributed by atoms with Gasteiger partial charge in [-0.15, -0.1) is 0 Å². The monoisotopic (exact) mass is 148 g/mol. The lowest BCUT2D eigenvalue weighted by atomic mass is 9.84. The van der Waals surface area contributed by atoms with E-state index in [2.05, 4.69) is 6.58 Å². The molecule has 0 radical (unpaired) electrons. The average molecular weight is 148 g/mol. The first kappa shape index (κ1) is 9.60. The number of hydrogen-bond donors (Lipinski definition) is 0. The summed E-state index contributed by atoms with van der Waals surface area (Å²) in [6.45, 7) is 9.41. The van der Waals surface area contributed by atoms with Gasteiger partial charge in [0.15, 0.2) is 0 Å². The van der Waals surface area contributed by atoms with Gasteiger partial charge in [-0.05, 0) is 11.0 Å². The summed E-state index contributed by atoms with van der Waals surface area (Å²) < 4.78 is 25.0. The van der Waals surface area contributed by atoms with Gasteiger partial charge in [0.2, 0.25) is 0 Å². The lowest BCUT2D eigenvalue weighted by molar-refractivity contribution is 0.0444. The molecule has 0 unspecified atom stereocenters. The fraction of sp³-hybridized carbons (Fsp3) is 0.750. The van der Waals surface area contributed by atoms with Crippen LogP contribution in [0.5, 0.6) is 0 Å². The Bertz CT molecular complexity index is 118. The van der Waals surface area contributed by atoms with Crippen molar-refractivity contribution < 1.29 is 8.78 Å². The summed E-state index contributed by atoms with van der Waals surface area (Å²) in [6, 6.07) is 0. The van der Waals surface area contributed by atoms with Crippen LogP contribution in [0.4, 0.5) is 8.78 Å². The smallest absolute Gasteiger partial charge is 0.202 e. The van der Waals surface area contributed by atoms with Gasteiger partial charge in [0.05, 0.1) is 0 Å². The van der Waals surface area contributed by atoms with E-state index in [0.29, 0.717) is 0 Å². The van der Waals surface area contributed by atoms with Crippen LogP contribution in [0.25, 0.3) is 0 Å². The largest absolute Gasteiger partial charge is 0.266 e. The molecule has 0 rings (SSSR count). The SMILES string of the molecule is C=C(C(C)(C)C)C(C)(F)F. The van der Waals surface area contributed by atoms with E-state index in [1.54, 1.807) is 20.8 Å². The van der Waals surface area contributed by atoms with Gasteiger partial charge in [-0.3, -0.25) is 0 Å². The van der Waals surface area contributed by atoms with Crippen molar-refractivity contribution in [3.05, 3.63) is 12.2 Å². The van der Waals surface area contributed by atoms with Crippen molar-refractivity contribution in [3.8, 4) is 0 Å². The van der Waals surface area contributed by atoms with Gasteiger partial charge in [-0.2, -0.15) is 0 Å². The summed E-state index contributed by atoms with van der Waals surface area (Å²) in [5.74, 6) is -2.75. The zero-order valence-electron chi connectivity index (χ0n) is 6.96. The van der Waals surface area contributed by atoms with Crippen molar-refractivity contribution in [2.24, 2.45) is 5.41 Å². The lowest BCUT2D eigenvalue weighted by Crippen LogP contribution is -2.24. The second kappa shape index (κ2) is 2.33. The number of allylic oxidation sites excluding steroid dienone is 1. The van der Waals surface area contributed by atoms with Crippen LogP contribution in [-0.4, -0.2) is 5.92 Å². The van der Waals surface area contributed by atoms with E-state index < -0.39 is 11.3 Å². The maximum Gasteiger partial charge on any atom is 0.266 e. The molecule has 0 aromatic heterocycles. The molecular weight excluding hydrogens is 134 g/mol. The van der Waals surface area contributed by atoms with Crippen LogP contribution in [0.15, 0.2) is 12.2 Å². The highest BCUT2D eigenvalue weighted by atomic mass is 19.3. The summed E-state index contributed by atoms with van der Waals surface area (Å²) in [4.78, 5) is 0. The number of halogens is 2. The van der Waals surface area contributed by atoms with Gasteiger partial charge < -0.3 is 0 Å². The van der Waals surface area contributed by atoms with E-state index >= 15 is 0 Å². The molecule has 0 fully saturated rings. The fourth-order valence-corrected chi connectivity index (χ4v) is 0.658. The minimum absolute atomic E-state index is 0.0139. The Hall–Kier alpha value is -0.400. The topological polar surface area (TPSA) is 0 Å².